The molecule has 0 aliphatic carbocycles. The van der Waals surface area contributed by atoms with Gasteiger partial charge in [-0.05, 0) is 29.8 Å². The lowest BCUT2D eigenvalue weighted by atomic mass is 10.2. The van der Waals surface area contributed by atoms with Crippen molar-refractivity contribution >= 4 is 28.5 Å². The molecule has 0 aliphatic rings. The van der Waals surface area contributed by atoms with Crippen molar-refractivity contribution in [3.8, 4) is 5.69 Å². The number of hydrogen-bond acceptors (Lipinski definition) is 4. The molecule has 140 valence electrons. The summed E-state index contributed by atoms with van der Waals surface area (Å²) in [6.07, 6.45) is 1.38. The molecule has 4 rings (SSSR count). The number of carbonyl (C=O) groups excluding carboxylic acids is 1. The largest absolute Gasteiger partial charge is 0.346 e. The lowest BCUT2D eigenvalue weighted by Crippen LogP contribution is -2.24. The fraction of sp³-hybridized carbons (Fsp3) is 0.100. The fourth-order valence-corrected chi connectivity index (χ4v) is 3.00. The molecule has 0 atom stereocenters. The normalized spacial score (nSPS) is 10.9. The maximum Gasteiger partial charge on any atom is 0.279 e. The van der Waals surface area contributed by atoms with E-state index in [-0.39, 0.29) is 22.3 Å². The van der Waals surface area contributed by atoms with Gasteiger partial charge in [-0.25, -0.2) is 9.67 Å². The van der Waals surface area contributed by atoms with Gasteiger partial charge >= 0.3 is 0 Å². The summed E-state index contributed by atoms with van der Waals surface area (Å²) in [4.78, 5) is 29.8. The van der Waals surface area contributed by atoms with E-state index in [1.807, 2.05) is 30.3 Å². The Morgan fingerprint density at radius 3 is 2.54 bits per heavy atom. The third-order valence-corrected chi connectivity index (χ3v) is 4.58. The van der Waals surface area contributed by atoms with Gasteiger partial charge in [-0.1, -0.05) is 41.9 Å². The van der Waals surface area contributed by atoms with Crippen LogP contribution in [0.3, 0.4) is 0 Å². The molecule has 4 aromatic rings. The summed E-state index contributed by atoms with van der Waals surface area (Å²) >= 11 is 5.96. The molecule has 2 aromatic carbocycles. The summed E-state index contributed by atoms with van der Waals surface area (Å²) in [5.74, 6) is -0.401. The maximum absolute atomic E-state index is 12.8. The van der Waals surface area contributed by atoms with Crippen LogP contribution < -0.4 is 10.9 Å². The molecule has 1 amide bonds. The van der Waals surface area contributed by atoms with Crippen molar-refractivity contribution in [3.63, 3.8) is 0 Å². The highest BCUT2D eigenvalue weighted by Gasteiger charge is 2.22. The van der Waals surface area contributed by atoms with E-state index in [0.29, 0.717) is 17.3 Å². The average molecular weight is 394 g/mol. The number of hydrogen-bond donors (Lipinski definition) is 1. The third kappa shape index (κ3) is 3.27. The monoisotopic (exact) mass is 393 g/mol. The Hall–Kier alpha value is -3.45. The number of nitrogens with zero attached hydrogens (tertiary/aromatic N) is 4. The van der Waals surface area contributed by atoms with Gasteiger partial charge in [-0.15, -0.1) is 0 Å². The molecule has 0 saturated carbocycles. The van der Waals surface area contributed by atoms with Crippen LogP contribution in [0.15, 0.2) is 65.7 Å². The van der Waals surface area contributed by atoms with Crippen molar-refractivity contribution in [2.75, 3.05) is 0 Å². The van der Waals surface area contributed by atoms with E-state index >= 15 is 0 Å². The molecule has 0 bridgehead atoms. The fourth-order valence-electron chi connectivity index (χ4n) is 2.87. The summed E-state index contributed by atoms with van der Waals surface area (Å²) in [6.45, 7) is 0.347. The van der Waals surface area contributed by atoms with E-state index in [1.54, 1.807) is 31.3 Å². The first-order chi connectivity index (χ1) is 13.5. The summed E-state index contributed by atoms with van der Waals surface area (Å²) in [6, 6.07) is 16.4. The number of fused-ring (bicyclic) bond motifs is 1. The molecule has 0 radical (unpaired) electrons. The number of amides is 1. The smallest absolute Gasteiger partial charge is 0.279 e. The Morgan fingerprint density at radius 2 is 1.82 bits per heavy atom. The van der Waals surface area contributed by atoms with Crippen molar-refractivity contribution < 1.29 is 4.79 Å². The molecule has 0 fully saturated rings. The quantitative estimate of drug-likeness (QED) is 0.578. The zero-order valence-electron chi connectivity index (χ0n) is 15.0. The lowest BCUT2D eigenvalue weighted by molar-refractivity contribution is 0.0947. The van der Waals surface area contributed by atoms with Crippen molar-refractivity contribution in [2.24, 2.45) is 7.05 Å². The van der Waals surface area contributed by atoms with Crippen LogP contribution >= 0.6 is 11.6 Å². The molecule has 8 heteroatoms. The SMILES string of the molecule is Cn1cnc2c(C(=O)NCc3ccccc3)nn(-c3ccc(Cl)cc3)c2c1=O. The topological polar surface area (TPSA) is 81.8 Å². The molecule has 0 aliphatic heterocycles. The highest BCUT2D eigenvalue weighted by molar-refractivity contribution is 6.30. The Labute approximate surface area is 165 Å². The maximum atomic E-state index is 12.8. The van der Waals surface area contributed by atoms with Crippen LogP contribution in [0.4, 0.5) is 0 Å². The van der Waals surface area contributed by atoms with Crippen LogP contribution in [-0.4, -0.2) is 25.2 Å². The molecular weight excluding hydrogens is 378 g/mol. The molecule has 1 N–H and O–H groups in total. The summed E-state index contributed by atoms with van der Waals surface area (Å²) in [5.41, 5.74) is 1.86. The van der Waals surface area contributed by atoms with Crippen LogP contribution in [0.25, 0.3) is 16.7 Å². The van der Waals surface area contributed by atoms with Gasteiger partial charge in [-0.2, -0.15) is 5.10 Å². The summed E-state index contributed by atoms with van der Waals surface area (Å²) in [5, 5.41) is 7.78. The Morgan fingerprint density at radius 1 is 1.11 bits per heavy atom. The molecule has 0 saturated heterocycles. The predicted octanol–water partition coefficient (Wildman–Crippen LogP) is 2.70. The van der Waals surface area contributed by atoms with Gasteiger partial charge in [0, 0.05) is 18.6 Å². The minimum absolute atomic E-state index is 0.0959. The second kappa shape index (κ2) is 7.28. The van der Waals surface area contributed by atoms with Crippen molar-refractivity contribution in [1.29, 1.82) is 0 Å². The van der Waals surface area contributed by atoms with Crippen molar-refractivity contribution in [3.05, 3.63) is 87.6 Å². The van der Waals surface area contributed by atoms with Gasteiger partial charge in [-0.3, -0.25) is 9.59 Å². The molecule has 28 heavy (non-hydrogen) atoms. The molecular formula is C20H16ClN5O2. The van der Waals surface area contributed by atoms with E-state index in [9.17, 15) is 9.59 Å². The first-order valence-corrected chi connectivity index (χ1v) is 8.95. The molecule has 2 aromatic heterocycles. The average Bonchev–Trinajstić information content (AvgIpc) is 3.11. The molecule has 7 nitrogen and oxygen atoms in total. The number of nitrogens with one attached hydrogen (secondary N) is 1. The van der Waals surface area contributed by atoms with Crippen LogP contribution in [0, 0.1) is 0 Å². The summed E-state index contributed by atoms with van der Waals surface area (Å²) < 4.78 is 2.78. The minimum atomic E-state index is -0.401. The van der Waals surface area contributed by atoms with Gasteiger partial charge in [0.05, 0.1) is 12.0 Å². The van der Waals surface area contributed by atoms with E-state index in [0.717, 1.165) is 5.56 Å². The minimum Gasteiger partial charge on any atom is -0.346 e. The van der Waals surface area contributed by atoms with Crippen LogP contribution in [0.1, 0.15) is 16.1 Å². The van der Waals surface area contributed by atoms with Gasteiger partial charge < -0.3 is 9.88 Å². The van der Waals surface area contributed by atoms with Gasteiger partial charge in [0.1, 0.15) is 5.52 Å². The first kappa shape index (κ1) is 17.9. The van der Waals surface area contributed by atoms with Gasteiger partial charge in [0.15, 0.2) is 11.2 Å². The first-order valence-electron chi connectivity index (χ1n) is 8.57. The van der Waals surface area contributed by atoms with Crippen molar-refractivity contribution in [2.45, 2.75) is 6.54 Å². The number of aryl methyl sites for hydroxylation is 1. The summed E-state index contributed by atoms with van der Waals surface area (Å²) in [7, 11) is 1.60. The Kier molecular flexibility index (Phi) is 4.67. The zero-order chi connectivity index (χ0) is 19.7. The van der Waals surface area contributed by atoms with Crippen LogP contribution in [0.2, 0.25) is 5.02 Å². The number of aromatic nitrogens is 4. The lowest BCUT2D eigenvalue weighted by Gasteiger charge is -2.03. The highest BCUT2D eigenvalue weighted by atomic mass is 35.5. The number of rotatable bonds is 4. The van der Waals surface area contributed by atoms with E-state index in [4.69, 9.17) is 11.6 Å². The van der Waals surface area contributed by atoms with E-state index in [1.165, 1.54) is 15.6 Å². The second-order valence-corrected chi connectivity index (χ2v) is 6.70. The second-order valence-electron chi connectivity index (χ2n) is 6.26. The van der Waals surface area contributed by atoms with Crippen molar-refractivity contribution in [1.82, 2.24) is 24.6 Å². The van der Waals surface area contributed by atoms with E-state index < -0.39 is 5.91 Å². The number of carbonyl (C=O) groups is 1. The predicted molar refractivity (Wildman–Crippen MR) is 107 cm³/mol. The van der Waals surface area contributed by atoms with Gasteiger partial charge in [0.25, 0.3) is 11.5 Å². The number of benzene rings is 2. The molecule has 2 heterocycles. The van der Waals surface area contributed by atoms with Crippen LogP contribution in [0.5, 0.6) is 0 Å². The third-order valence-electron chi connectivity index (χ3n) is 4.33. The molecule has 0 unspecified atom stereocenters. The zero-order valence-corrected chi connectivity index (χ0v) is 15.7. The Balaban J connectivity index is 1.78. The highest BCUT2D eigenvalue weighted by Crippen LogP contribution is 2.19. The van der Waals surface area contributed by atoms with Gasteiger partial charge in [0.2, 0.25) is 0 Å². The van der Waals surface area contributed by atoms with E-state index in [2.05, 4.69) is 15.4 Å². The standard InChI is InChI=1S/C20H16ClN5O2/c1-25-12-23-16-17(19(27)22-11-13-5-3-2-4-6-13)24-26(18(16)20(25)28)15-9-7-14(21)8-10-15/h2-10,12H,11H2,1H3,(H,22,27). The Bertz CT molecular complexity index is 1210. The van der Waals surface area contributed by atoms with Crippen LogP contribution in [-0.2, 0) is 13.6 Å². The number of halogens is 1. The molecule has 0 spiro atoms.